The smallest absolute Gasteiger partial charge is 0.225 e. The first kappa shape index (κ1) is 14.4. The minimum Gasteiger partial charge on any atom is -0.342 e. The van der Waals surface area contributed by atoms with Crippen LogP contribution < -0.4 is 0 Å². The second-order valence-corrected chi connectivity index (χ2v) is 7.48. The van der Waals surface area contributed by atoms with Crippen LogP contribution >= 0.6 is 0 Å². The lowest BCUT2D eigenvalue weighted by Gasteiger charge is -2.43. The van der Waals surface area contributed by atoms with E-state index in [0.29, 0.717) is 11.8 Å². The fraction of sp³-hybridized carbons (Fsp3) is 0.941. The van der Waals surface area contributed by atoms with E-state index in [0.717, 1.165) is 43.8 Å². The standard InChI is InChI=1S/C17H30N2O/c1-13-11-15(12-13)17(20)19-9-6-14(7-10-19)16-5-3-4-8-18(16)2/h13-16H,3-12H2,1-2H3. The molecule has 3 rings (SSSR count). The third-order valence-corrected chi connectivity index (χ3v) is 5.95. The van der Waals surface area contributed by atoms with E-state index in [-0.39, 0.29) is 0 Å². The van der Waals surface area contributed by atoms with E-state index in [4.69, 9.17) is 0 Å². The quantitative estimate of drug-likeness (QED) is 0.775. The zero-order valence-electron chi connectivity index (χ0n) is 13.2. The molecule has 0 radical (unpaired) electrons. The van der Waals surface area contributed by atoms with Crippen molar-refractivity contribution < 1.29 is 4.79 Å². The lowest BCUT2D eigenvalue weighted by Crippen LogP contribution is -2.49. The molecule has 0 bridgehead atoms. The first-order valence-electron chi connectivity index (χ1n) is 8.64. The number of amides is 1. The maximum Gasteiger partial charge on any atom is 0.225 e. The van der Waals surface area contributed by atoms with Gasteiger partial charge in [0.25, 0.3) is 0 Å². The van der Waals surface area contributed by atoms with Gasteiger partial charge < -0.3 is 9.80 Å². The second-order valence-electron chi connectivity index (χ2n) is 7.48. The van der Waals surface area contributed by atoms with Gasteiger partial charge in [-0.05, 0) is 64.0 Å². The summed E-state index contributed by atoms with van der Waals surface area (Å²) in [6.45, 7) is 5.55. The van der Waals surface area contributed by atoms with E-state index >= 15 is 0 Å². The predicted molar refractivity (Wildman–Crippen MR) is 81.5 cm³/mol. The highest BCUT2D eigenvalue weighted by atomic mass is 16.2. The maximum atomic E-state index is 12.4. The SMILES string of the molecule is CC1CC(C(=O)N2CCC(C3CCCCN3C)CC2)C1. The van der Waals surface area contributed by atoms with E-state index in [1.54, 1.807) is 0 Å². The van der Waals surface area contributed by atoms with Gasteiger partial charge in [-0.15, -0.1) is 0 Å². The molecular formula is C17H30N2O. The number of piperidine rings is 2. The summed E-state index contributed by atoms with van der Waals surface area (Å²) in [6.07, 6.45) is 8.84. The number of nitrogens with zero attached hydrogens (tertiary/aromatic N) is 2. The minimum absolute atomic E-state index is 0.360. The van der Waals surface area contributed by atoms with Crippen molar-refractivity contribution in [3.05, 3.63) is 0 Å². The molecule has 2 heterocycles. The van der Waals surface area contributed by atoms with Crippen LogP contribution in [0.25, 0.3) is 0 Å². The van der Waals surface area contributed by atoms with Crippen molar-refractivity contribution in [1.29, 1.82) is 0 Å². The van der Waals surface area contributed by atoms with E-state index in [9.17, 15) is 4.79 Å². The van der Waals surface area contributed by atoms with Crippen LogP contribution in [0.2, 0.25) is 0 Å². The molecule has 0 spiro atoms. The summed E-state index contributed by atoms with van der Waals surface area (Å²) >= 11 is 0. The maximum absolute atomic E-state index is 12.4. The highest BCUT2D eigenvalue weighted by Crippen LogP contribution is 2.36. The Morgan fingerprint density at radius 2 is 1.70 bits per heavy atom. The van der Waals surface area contributed by atoms with Gasteiger partial charge in [0.2, 0.25) is 5.91 Å². The molecule has 1 amide bonds. The highest BCUT2D eigenvalue weighted by molar-refractivity contribution is 5.79. The van der Waals surface area contributed by atoms with Gasteiger partial charge in [0.05, 0.1) is 0 Å². The molecule has 1 atom stereocenters. The summed E-state index contributed by atoms with van der Waals surface area (Å²) in [6, 6.07) is 0.782. The molecule has 2 aliphatic heterocycles. The average Bonchev–Trinajstić information content (AvgIpc) is 2.44. The lowest BCUT2D eigenvalue weighted by atomic mass is 9.75. The van der Waals surface area contributed by atoms with Crippen LogP contribution in [0.1, 0.15) is 51.9 Å². The number of carbonyl (C=O) groups is 1. The molecule has 3 fully saturated rings. The summed E-state index contributed by atoms with van der Waals surface area (Å²) < 4.78 is 0. The Bertz CT molecular complexity index is 343. The van der Waals surface area contributed by atoms with Gasteiger partial charge in [-0.25, -0.2) is 0 Å². The predicted octanol–water partition coefficient (Wildman–Crippen LogP) is 2.76. The third kappa shape index (κ3) is 2.88. The largest absolute Gasteiger partial charge is 0.342 e. The Balaban J connectivity index is 1.48. The highest BCUT2D eigenvalue weighted by Gasteiger charge is 2.37. The normalized spacial score (nSPS) is 36.7. The van der Waals surface area contributed by atoms with Crippen LogP contribution in [0.3, 0.4) is 0 Å². The Kier molecular flexibility index (Phi) is 4.34. The molecule has 1 unspecified atom stereocenters. The first-order valence-corrected chi connectivity index (χ1v) is 8.64. The van der Waals surface area contributed by atoms with Gasteiger partial charge in [-0.1, -0.05) is 13.3 Å². The molecule has 0 aromatic heterocycles. The molecule has 3 aliphatic rings. The number of hydrogen-bond donors (Lipinski definition) is 0. The zero-order valence-corrected chi connectivity index (χ0v) is 13.2. The first-order chi connectivity index (χ1) is 9.65. The van der Waals surface area contributed by atoms with Crippen molar-refractivity contribution in [2.75, 3.05) is 26.7 Å². The molecular weight excluding hydrogens is 248 g/mol. The van der Waals surface area contributed by atoms with Crippen molar-refractivity contribution in [3.8, 4) is 0 Å². The monoisotopic (exact) mass is 278 g/mol. The van der Waals surface area contributed by atoms with Crippen LogP contribution in [-0.2, 0) is 4.79 Å². The molecule has 0 aromatic carbocycles. The number of likely N-dealkylation sites (tertiary alicyclic amines) is 2. The van der Waals surface area contributed by atoms with Crippen LogP contribution in [0, 0.1) is 17.8 Å². The summed E-state index contributed by atoms with van der Waals surface area (Å²) in [5, 5.41) is 0. The van der Waals surface area contributed by atoms with Crippen LogP contribution in [-0.4, -0.2) is 48.4 Å². The minimum atomic E-state index is 0.360. The third-order valence-electron chi connectivity index (χ3n) is 5.95. The fourth-order valence-electron chi connectivity index (χ4n) is 4.56. The molecule has 3 nitrogen and oxygen atoms in total. The molecule has 2 saturated heterocycles. The molecule has 3 heteroatoms. The molecule has 1 aliphatic carbocycles. The molecule has 0 aromatic rings. The fourth-order valence-corrected chi connectivity index (χ4v) is 4.56. The van der Waals surface area contributed by atoms with E-state index in [1.165, 1.54) is 38.6 Å². The molecule has 114 valence electrons. The van der Waals surface area contributed by atoms with Gasteiger partial charge in [-0.2, -0.15) is 0 Å². The van der Waals surface area contributed by atoms with Crippen LogP contribution in [0.15, 0.2) is 0 Å². The summed E-state index contributed by atoms with van der Waals surface area (Å²) in [5.74, 6) is 2.42. The van der Waals surface area contributed by atoms with E-state index < -0.39 is 0 Å². The van der Waals surface area contributed by atoms with Crippen molar-refractivity contribution in [2.45, 2.75) is 57.9 Å². The van der Waals surface area contributed by atoms with Gasteiger partial charge in [0, 0.05) is 25.0 Å². The molecule has 0 N–H and O–H groups in total. The van der Waals surface area contributed by atoms with Crippen molar-refractivity contribution >= 4 is 5.91 Å². The summed E-state index contributed by atoms with van der Waals surface area (Å²) in [5.41, 5.74) is 0. The van der Waals surface area contributed by atoms with Crippen LogP contribution in [0.5, 0.6) is 0 Å². The van der Waals surface area contributed by atoms with E-state index in [1.807, 2.05) is 0 Å². The van der Waals surface area contributed by atoms with Gasteiger partial charge in [-0.3, -0.25) is 4.79 Å². The molecule has 20 heavy (non-hydrogen) atoms. The topological polar surface area (TPSA) is 23.6 Å². The second kappa shape index (κ2) is 6.05. The zero-order chi connectivity index (χ0) is 14.1. The van der Waals surface area contributed by atoms with Gasteiger partial charge in [0.15, 0.2) is 0 Å². The van der Waals surface area contributed by atoms with Crippen molar-refractivity contribution in [3.63, 3.8) is 0 Å². The summed E-state index contributed by atoms with van der Waals surface area (Å²) in [4.78, 5) is 17.1. The Labute approximate surface area is 123 Å². The average molecular weight is 278 g/mol. The van der Waals surface area contributed by atoms with Crippen LogP contribution in [0.4, 0.5) is 0 Å². The van der Waals surface area contributed by atoms with Gasteiger partial charge in [0.1, 0.15) is 0 Å². The number of rotatable bonds is 2. The Morgan fingerprint density at radius 3 is 2.30 bits per heavy atom. The number of hydrogen-bond acceptors (Lipinski definition) is 2. The van der Waals surface area contributed by atoms with Crippen molar-refractivity contribution in [2.24, 2.45) is 17.8 Å². The Hall–Kier alpha value is -0.570. The molecule has 1 saturated carbocycles. The number of carbonyl (C=O) groups excluding carboxylic acids is 1. The summed E-state index contributed by atoms with van der Waals surface area (Å²) in [7, 11) is 2.29. The van der Waals surface area contributed by atoms with Crippen molar-refractivity contribution in [1.82, 2.24) is 9.80 Å². The lowest BCUT2D eigenvalue weighted by molar-refractivity contribution is -0.141. The van der Waals surface area contributed by atoms with Gasteiger partial charge >= 0.3 is 0 Å². The van der Waals surface area contributed by atoms with E-state index in [2.05, 4.69) is 23.8 Å². The Morgan fingerprint density at radius 1 is 1.00 bits per heavy atom.